The van der Waals surface area contributed by atoms with Crippen LogP contribution in [-0.2, 0) is 4.79 Å². The van der Waals surface area contributed by atoms with E-state index in [-0.39, 0.29) is 18.3 Å². The monoisotopic (exact) mass is 321 g/mol. The number of hydrogen-bond donors (Lipinski definition) is 2. The van der Waals surface area contributed by atoms with Gasteiger partial charge in [-0.2, -0.15) is 0 Å². The van der Waals surface area contributed by atoms with E-state index in [0.29, 0.717) is 4.88 Å². The van der Waals surface area contributed by atoms with Crippen molar-refractivity contribution >= 4 is 23.2 Å². The topological polar surface area (TPSA) is 66.4 Å². The molecule has 0 radical (unpaired) electrons. The van der Waals surface area contributed by atoms with E-state index in [0.717, 1.165) is 16.0 Å². The summed E-state index contributed by atoms with van der Waals surface area (Å²) in [4.78, 5) is 24.2. The number of thiophene rings is 1. The summed E-state index contributed by atoms with van der Waals surface area (Å²) < 4.78 is 13.0. The Bertz CT molecular complexity index is 694. The first-order chi connectivity index (χ1) is 10.4. The van der Waals surface area contributed by atoms with Crippen molar-refractivity contribution < 1.29 is 19.1 Å². The number of carbonyl (C=O) groups is 2. The third-order valence-electron chi connectivity index (χ3n) is 3.24. The van der Waals surface area contributed by atoms with E-state index in [1.165, 1.54) is 30.4 Å². The van der Waals surface area contributed by atoms with Crippen molar-refractivity contribution in [1.29, 1.82) is 0 Å². The third-order valence-corrected chi connectivity index (χ3v) is 4.52. The third kappa shape index (κ3) is 3.71. The van der Waals surface area contributed by atoms with Gasteiger partial charge >= 0.3 is 5.97 Å². The quantitative estimate of drug-likeness (QED) is 0.888. The molecule has 1 aromatic carbocycles. The molecule has 0 fully saturated rings. The normalized spacial score (nSPS) is 12.0. The molecule has 1 aromatic heterocycles. The second-order valence-corrected chi connectivity index (χ2v) is 6.13. The molecule has 0 aliphatic heterocycles. The largest absolute Gasteiger partial charge is 0.481 e. The van der Waals surface area contributed by atoms with E-state index in [4.69, 9.17) is 5.11 Å². The summed E-state index contributed by atoms with van der Waals surface area (Å²) in [6, 6.07) is 7.85. The maximum absolute atomic E-state index is 13.0. The van der Waals surface area contributed by atoms with Gasteiger partial charge in [0.15, 0.2) is 0 Å². The zero-order valence-electron chi connectivity index (χ0n) is 12.2. The predicted octanol–water partition coefficient (Wildman–Crippen LogP) is 3.31. The second kappa shape index (κ2) is 6.70. The van der Waals surface area contributed by atoms with Gasteiger partial charge in [0.25, 0.3) is 5.91 Å². The fourth-order valence-corrected chi connectivity index (χ4v) is 3.00. The first-order valence-corrected chi connectivity index (χ1v) is 7.57. The van der Waals surface area contributed by atoms with Gasteiger partial charge in [-0.05, 0) is 36.2 Å². The van der Waals surface area contributed by atoms with Crippen LogP contribution in [0.4, 0.5) is 4.39 Å². The summed E-state index contributed by atoms with van der Waals surface area (Å²) in [5.41, 5.74) is 1.77. The van der Waals surface area contributed by atoms with Crippen molar-refractivity contribution in [3.8, 4) is 10.4 Å². The van der Waals surface area contributed by atoms with Gasteiger partial charge < -0.3 is 10.4 Å². The Balaban J connectivity index is 2.13. The molecule has 4 nitrogen and oxygen atoms in total. The number of halogens is 1. The van der Waals surface area contributed by atoms with Gasteiger partial charge in [-0.25, -0.2) is 4.39 Å². The molecular formula is C16H16FNO3S. The van der Waals surface area contributed by atoms with Crippen LogP contribution in [0.25, 0.3) is 10.4 Å². The van der Waals surface area contributed by atoms with Crippen molar-refractivity contribution in [3.05, 3.63) is 46.6 Å². The Morgan fingerprint density at radius 3 is 2.55 bits per heavy atom. The van der Waals surface area contributed by atoms with Gasteiger partial charge in [-0.3, -0.25) is 9.59 Å². The molecule has 22 heavy (non-hydrogen) atoms. The molecule has 0 spiro atoms. The Morgan fingerprint density at radius 1 is 1.32 bits per heavy atom. The molecule has 0 aliphatic carbocycles. The van der Waals surface area contributed by atoms with E-state index < -0.39 is 11.9 Å². The molecule has 2 aromatic rings. The SMILES string of the molecule is Cc1cc(C(=O)NCC(C)C(=O)O)sc1-c1ccc(F)cc1. The van der Waals surface area contributed by atoms with Gasteiger partial charge in [0, 0.05) is 11.4 Å². The van der Waals surface area contributed by atoms with Gasteiger partial charge in [0.1, 0.15) is 5.82 Å². The van der Waals surface area contributed by atoms with E-state index in [1.54, 1.807) is 18.2 Å². The number of aliphatic carboxylic acids is 1. The summed E-state index contributed by atoms with van der Waals surface area (Å²) in [6.07, 6.45) is 0. The summed E-state index contributed by atoms with van der Waals surface area (Å²) in [6.45, 7) is 3.50. The minimum atomic E-state index is -0.949. The molecule has 6 heteroatoms. The van der Waals surface area contributed by atoms with Crippen LogP contribution in [-0.4, -0.2) is 23.5 Å². The number of aryl methyl sites for hydroxylation is 1. The molecule has 1 heterocycles. The lowest BCUT2D eigenvalue weighted by atomic mass is 10.1. The van der Waals surface area contributed by atoms with Gasteiger partial charge in [0.2, 0.25) is 0 Å². The Kier molecular flexibility index (Phi) is 4.92. The number of hydrogen-bond acceptors (Lipinski definition) is 3. The van der Waals surface area contributed by atoms with E-state index in [2.05, 4.69) is 5.32 Å². The van der Waals surface area contributed by atoms with Crippen molar-refractivity contribution in [2.45, 2.75) is 13.8 Å². The number of carbonyl (C=O) groups excluding carboxylic acids is 1. The minimum absolute atomic E-state index is 0.0804. The van der Waals surface area contributed by atoms with Gasteiger partial charge in [-0.1, -0.05) is 19.1 Å². The molecular weight excluding hydrogens is 305 g/mol. The van der Waals surface area contributed by atoms with E-state index in [1.807, 2.05) is 6.92 Å². The van der Waals surface area contributed by atoms with Crippen molar-refractivity contribution in [2.24, 2.45) is 5.92 Å². The first-order valence-electron chi connectivity index (χ1n) is 6.76. The molecule has 0 bridgehead atoms. The highest BCUT2D eigenvalue weighted by Crippen LogP contribution is 2.32. The number of benzene rings is 1. The van der Waals surface area contributed by atoms with Crippen LogP contribution in [0.5, 0.6) is 0 Å². The number of nitrogens with one attached hydrogen (secondary N) is 1. The molecule has 1 atom stereocenters. The first kappa shape index (κ1) is 16.2. The zero-order valence-corrected chi connectivity index (χ0v) is 13.0. The van der Waals surface area contributed by atoms with Crippen LogP contribution in [0.1, 0.15) is 22.2 Å². The summed E-state index contributed by atoms with van der Waals surface area (Å²) in [5.74, 6) is -2.19. The molecule has 2 N–H and O–H groups in total. The Morgan fingerprint density at radius 2 is 1.95 bits per heavy atom. The van der Waals surface area contributed by atoms with Crippen molar-refractivity contribution in [1.82, 2.24) is 5.32 Å². The second-order valence-electron chi connectivity index (χ2n) is 5.08. The molecule has 0 saturated carbocycles. The summed E-state index contributed by atoms with van der Waals surface area (Å²) >= 11 is 1.30. The highest BCUT2D eigenvalue weighted by molar-refractivity contribution is 7.17. The van der Waals surface area contributed by atoms with Crippen molar-refractivity contribution in [2.75, 3.05) is 6.54 Å². The van der Waals surface area contributed by atoms with Crippen LogP contribution in [0.2, 0.25) is 0 Å². The smallest absolute Gasteiger partial charge is 0.308 e. The van der Waals surface area contributed by atoms with Crippen LogP contribution in [0.3, 0.4) is 0 Å². The molecule has 1 amide bonds. The maximum atomic E-state index is 13.0. The van der Waals surface area contributed by atoms with Crippen LogP contribution in [0.15, 0.2) is 30.3 Å². The lowest BCUT2D eigenvalue weighted by Gasteiger charge is -2.06. The van der Waals surface area contributed by atoms with Gasteiger partial charge in [-0.15, -0.1) is 11.3 Å². The molecule has 1 unspecified atom stereocenters. The van der Waals surface area contributed by atoms with Gasteiger partial charge in [0.05, 0.1) is 10.8 Å². The van der Waals surface area contributed by atoms with E-state index >= 15 is 0 Å². The minimum Gasteiger partial charge on any atom is -0.481 e. The van der Waals surface area contributed by atoms with Crippen LogP contribution < -0.4 is 5.32 Å². The Labute approximate surface area is 131 Å². The highest BCUT2D eigenvalue weighted by Gasteiger charge is 2.16. The fraction of sp³-hybridized carbons (Fsp3) is 0.250. The van der Waals surface area contributed by atoms with Crippen molar-refractivity contribution in [3.63, 3.8) is 0 Å². The predicted molar refractivity (Wildman–Crippen MR) is 83.6 cm³/mol. The highest BCUT2D eigenvalue weighted by atomic mass is 32.1. The average Bonchev–Trinajstić information content (AvgIpc) is 2.87. The lowest BCUT2D eigenvalue weighted by molar-refractivity contribution is -0.140. The summed E-state index contributed by atoms with van der Waals surface area (Å²) in [5, 5.41) is 11.4. The number of carboxylic acid groups (broad SMARTS) is 1. The molecule has 116 valence electrons. The number of rotatable bonds is 5. The summed E-state index contributed by atoms with van der Waals surface area (Å²) in [7, 11) is 0. The van der Waals surface area contributed by atoms with Crippen LogP contribution in [0, 0.1) is 18.7 Å². The molecule has 0 saturated heterocycles. The average molecular weight is 321 g/mol. The number of amides is 1. The Hall–Kier alpha value is -2.21. The molecule has 0 aliphatic rings. The lowest BCUT2D eigenvalue weighted by Crippen LogP contribution is -2.30. The van der Waals surface area contributed by atoms with Crippen LogP contribution >= 0.6 is 11.3 Å². The standard InChI is InChI=1S/C16H16FNO3S/c1-9-7-13(15(19)18-8-10(2)16(20)21)22-14(9)11-3-5-12(17)6-4-11/h3-7,10H,8H2,1-2H3,(H,18,19)(H,20,21). The van der Waals surface area contributed by atoms with E-state index in [9.17, 15) is 14.0 Å². The number of carboxylic acids is 1. The maximum Gasteiger partial charge on any atom is 0.308 e. The fourth-order valence-electron chi connectivity index (χ4n) is 1.90. The molecule has 2 rings (SSSR count). The zero-order chi connectivity index (χ0) is 16.3.